The number of carboxylic acid groups (broad SMARTS) is 1. The van der Waals surface area contributed by atoms with Crippen LogP contribution in [0.4, 0.5) is 0 Å². The van der Waals surface area contributed by atoms with Gasteiger partial charge in [-0.1, -0.05) is 20.3 Å². The smallest absolute Gasteiger partial charge is 0.303 e. The largest absolute Gasteiger partial charge is 0.481 e. The van der Waals surface area contributed by atoms with Crippen molar-refractivity contribution in [2.24, 2.45) is 5.92 Å². The number of carboxylic acids is 1. The first-order valence-electron chi connectivity index (χ1n) is 7.61. The zero-order valence-electron chi connectivity index (χ0n) is 13.1. The van der Waals surface area contributed by atoms with Crippen LogP contribution in [0, 0.1) is 5.92 Å². The van der Waals surface area contributed by atoms with Gasteiger partial charge in [0.25, 0.3) is 5.91 Å². The van der Waals surface area contributed by atoms with Crippen molar-refractivity contribution in [1.29, 1.82) is 0 Å². The number of hydrogen-bond donors (Lipinski definition) is 3. The van der Waals surface area contributed by atoms with Crippen molar-refractivity contribution >= 4 is 11.9 Å². The van der Waals surface area contributed by atoms with Crippen molar-refractivity contribution < 1.29 is 14.7 Å². The number of hydrogen-bond acceptors (Lipinski definition) is 3. The summed E-state index contributed by atoms with van der Waals surface area (Å²) in [6, 6.07) is 3.00. The van der Waals surface area contributed by atoms with E-state index in [-0.39, 0.29) is 17.9 Å². The SMILES string of the molecule is CC(C)Cc1cc(C(=O)NCCCCCC(=O)O)cc(=O)[nH]1. The van der Waals surface area contributed by atoms with Crippen LogP contribution in [0.15, 0.2) is 16.9 Å². The summed E-state index contributed by atoms with van der Waals surface area (Å²) in [5, 5.41) is 11.3. The molecule has 6 heteroatoms. The molecule has 1 aromatic rings. The van der Waals surface area contributed by atoms with Crippen molar-refractivity contribution in [2.45, 2.75) is 46.0 Å². The van der Waals surface area contributed by atoms with E-state index < -0.39 is 5.97 Å². The van der Waals surface area contributed by atoms with Gasteiger partial charge in [0.2, 0.25) is 5.56 Å². The molecule has 1 aromatic heterocycles. The minimum Gasteiger partial charge on any atom is -0.481 e. The number of pyridine rings is 1. The van der Waals surface area contributed by atoms with Crippen LogP contribution < -0.4 is 10.9 Å². The molecule has 0 radical (unpaired) electrons. The van der Waals surface area contributed by atoms with Crippen LogP contribution in [-0.4, -0.2) is 28.5 Å². The molecule has 0 saturated carbocycles. The van der Waals surface area contributed by atoms with Gasteiger partial charge >= 0.3 is 5.97 Å². The number of aromatic amines is 1. The highest BCUT2D eigenvalue weighted by molar-refractivity contribution is 5.94. The van der Waals surface area contributed by atoms with Crippen LogP contribution in [0.25, 0.3) is 0 Å². The third-order valence-electron chi connectivity index (χ3n) is 3.14. The summed E-state index contributed by atoms with van der Waals surface area (Å²) >= 11 is 0. The maximum atomic E-state index is 12.0. The fourth-order valence-electron chi connectivity index (χ4n) is 2.16. The second-order valence-electron chi connectivity index (χ2n) is 5.82. The van der Waals surface area contributed by atoms with Gasteiger partial charge < -0.3 is 15.4 Å². The topological polar surface area (TPSA) is 99.3 Å². The Kier molecular flexibility index (Phi) is 7.36. The van der Waals surface area contributed by atoms with Crippen LogP contribution in [0.3, 0.4) is 0 Å². The standard InChI is InChI=1S/C16H24N2O4/c1-11(2)8-13-9-12(10-14(19)18-13)16(22)17-7-5-3-4-6-15(20)21/h9-11H,3-8H2,1-2H3,(H,17,22)(H,18,19)(H,20,21). The van der Waals surface area contributed by atoms with Crippen LogP contribution >= 0.6 is 0 Å². The Bertz CT molecular complexity index is 564. The Balaban J connectivity index is 2.46. The van der Waals surface area contributed by atoms with Crippen molar-refractivity contribution in [3.8, 4) is 0 Å². The molecule has 0 saturated heterocycles. The molecule has 0 atom stereocenters. The van der Waals surface area contributed by atoms with E-state index in [0.717, 1.165) is 18.5 Å². The molecular weight excluding hydrogens is 284 g/mol. The summed E-state index contributed by atoms with van der Waals surface area (Å²) in [6.45, 7) is 4.56. The highest BCUT2D eigenvalue weighted by Crippen LogP contribution is 2.06. The number of amides is 1. The van der Waals surface area contributed by atoms with Crippen LogP contribution in [-0.2, 0) is 11.2 Å². The van der Waals surface area contributed by atoms with Crippen LogP contribution in [0.2, 0.25) is 0 Å². The molecule has 0 aliphatic carbocycles. The molecule has 0 aromatic carbocycles. The summed E-state index contributed by atoms with van der Waals surface area (Å²) in [4.78, 5) is 36.7. The van der Waals surface area contributed by atoms with Gasteiger partial charge in [-0.25, -0.2) is 0 Å². The van der Waals surface area contributed by atoms with E-state index in [1.165, 1.54) is 6.07 Å². The Hall–Kier alpha value is -2.11. The Morgan fingerprint density at radius 2 is 1.95 bits per heavy atom. The molecule has 0 bridgehead atoms. The number of rotatable bonds is 9. The average Bonchev–Trinajstić information content (AvgIpc) is 2.40. The number of carbonyl (C=O) groups is 2. The molecule has 1 heterocycles. The average molecular weight is 308 g/mol. The summed E-state index contributed by atoms with van der Waals surface area (Å²) < 4.78 is 0. The fraction of sp³-hybridized carbons (Fsp3) is 0.562. The summed E-state index contributed by atoms with van der Waals surface area (Å²) in [6.07, 6.45) is 2.95. The second kappa shape index (κ2) is 9.02. The number of aromatic nitrogens is 1. The molecule has 1 rings (SSSR count). The third-order valence-corrected chi connectivity index (χ3v) is 3.14. The first-order chi connectivity index (χ1) is 10.4. The van der Waals surface area contributed by atoms with Gasteiger partial charge in [-0.3, -0.25) is 14.4 Å². The van der Waals surface area contributed by atoms with E-state index in [4.69, 9.17) is 5.11 Å². The van der Waals surface area contributed by atoms with Crippen molar-refractivity contribution in [3.63, 3.8) is 0 Å². The van der Waals surface area contributed by atoms with Gasteiger partial charge in [-0.2, -0.15) is 0 Å². The van der Waals surface area contributed by atoms with Gasteiger partial charge in [-0.05, 0) is 31.2 Å². The Labute approximate surface area is 129 Å². The van der Waals surface area contributed by atoms with Gasteiger partial charge in [0, 0.05) is 30.3 Å². The molecule has 0 aliphatic heterocycles. The first-order valence-corrected chi connectivity index (χ1v) is 7.61. The highest BCUT2D eigenvalue weighted by Gasteiger charge is 2.09. The van der Waals surface area contributed by atoms with Gasteiger partial charge in [0.05, 0.1) is 0 Å². The number of unbranched alkanes of at least 4 members (excludes halogenated alkanes) is 2. The monoisotopic (exact) mass is 308 g/mol. The lowest BCUT2D eigenvalue weighted by Gasteiger charge is -2.08. The first kappa shape index (κ1) is 17.9. The predicted octanol–water partition coefficient (Wildman–Crippen LogP) is 1.95. The number of aliphatic carboxylic acids is 1. The van der Waals surface area contributed by atoms with Crippen molar-refractivity contribution in [1.82, 2.24) is 10.3 Å². The maximum absolute atomic E-state index is 12.0. The van der Waals surface area contributed by atoms with Gasteiger partial charge in [-0.15, -0.1) is 0 Å². The van der Waals surface area contributed by atoms with E-state index in [0.29, 0.717) is 30.9 Å². The number of carbonyl (C=O) groups excluding carboxylic acids is 1. The second-order valence-corrected chi connectivity index (χ2v) is 5.82. The zero-order chi connectivity index (χ0) is 16.5. The quantitative estimate of drug-likeness (QED) is 0.607. The number of nitrogens with one attached hydrogen (secondary N) is 2. The lowest BCUT2D eigenvalue weighted by molar-refractivity contribution is -0.137. The minimum absolute atomic E-state index is 0.153. The van der Waals surface area contributed by atoms with Crippen molar-refractivity contribution in [2.75, 3.05) is 6.54 Å². The molecular formula is C16H24N2O4. The molecule has 0 fully saturated rings. The summed E-state index contributed by atoms with van der Waals surface area (Å²) in [5.74, 6) is -0.678. The Morgan fingerprint density at radius 1 is 1.23 bits per heavy atom. The summed E-state index contributed by atoms with van der Waals surface area (Å²) in [7, 11) is 0. The van der Waals surface area contributed by atoms with E-state index in [1.54, 1.807) is 6.07 Å². The molecule has 0 aliphatic rings. The highest BCUT2D eigenvalue weighted by atomic mass is 16.4. The molecule has 6 nitrogen and oxygen atoms in total. The van der Waals surface area contributed by atoms with Gasteiger partial charge in [0.1, 0.15) is 0 Å². The van der Waals surface area contributed by atoms with E-state index in [9.17, 15) is 14.4 Å². The molecule has 22 heavy (non-hydrogen) atoms. The lowest BCUT2D eigenvalue weighted by Crippen LogP contribution is -2.26. The number of H-pyrrole nitrogens is 1. The molecule has 3 N–H and O–H groups in total. The Morgan fingerprint density at radius 3 is 2.59 bits per heavy atom. The lowest BCUT2D eigenvalue weighted by atomic mass is 10.1. The fourth-order valence-corrected chi connectivity index (χ4v) is 2.16. The van der Waals surface area contributed by atoms with E-state index >= 15 is 0 Å². The van der Waals surface area contributed by atoms with E-state index in [2.05, 4.69) is 10.3 Å². The van der Waals surface area contributed by atoms with Gasteiger partial charge in [0.15, 0.2) is 0 Å². The molecule has 0 unspecified atom stereocenters. The maximum Gasteiger partial charge on any atom is 0.303 e. The van der Waals surface area contributed by atoms with E-state index in [1.807, 2.05) is 13.8 Å². The predicted molar refractivity (Wildman–Crippen MR) is 84.0 cm³/mol. The molecule has 0 spiro atoms. The molecule has 122 valence electrons. The zero-order valence-corrected chi connectivity index (χ0v) is 13.1. The van der Waals surface area contributed by atoms with Crippen LogP contribution in [0.1, 0.15) is 55.6 Å². The summed E-state index contributed by atoms with van der Waals surface area (Å²) in [5.41, 5.74) is 0.851. The third kappa shape index (κ3) is 7.06. The normalized spacial score (nSPS) is 10.7. The molecule has 1 amide bonds. The van der Waals surface area contributed by atoms with Crippen molar-refractivity contribution in [3.05, 3.63) is 33.7 Å². The minimum atomic E-state index is -0.801. The van der Waals surface area contributed by atoms with Crippen LogP contribution in [0.5, 0.6) is 0 Å².